The van der Waals surface area contributed by atoms with Gasteiger partial charge in [0.05, 0.1) is 0 Å². The summed E-state index contributed by atoms with van der Waals surface area (Å²) in [6.07, 6.45) is -0.491. The molecule has 1 saturated heterocycles. The maximum absolute atomic E-state index is 10.4. The van der Waals surface area contributed by atoms with Gasteiger partial charge in [-0.15, -0.1) is 0 Å². The van der Waals surface area contributed by atoms with Crippen LogP contribution >= 0.6 is 0 Å². The molecule has 2 heterocycles. The zero-order chi connectivity index (χ0) is 20.2. The van der Waals surface area contributed by atoms with Crippen LogP contribution in [-0.2, 0) is 6.54 Å². The van der Waals surface area contributed by atoms with Crippen molar-refractivity contribution >= 4 is 0 Å². The summed E-state index contributed by atoms with van der Waals surface area (Å²) in [5, 5.41) is 10.4. The van der Waals surface area contributed by atoms with Gasteiger partial charge in [0, 0.05) is 39.3 Å². The number of fused-ring (bicyclic) bond motifs is 1. The van der Waals surface area contributed by atoms with Crippen LogP contribution in [-0.4, -0.2) is 67.1 Å². The number of para-hydroxylation sites is 1. The fourth-order valence-corrected chi connectivity index (χ4v) is 3.98. The van der Waals surface area contributed by atoms with Gasteiger partial charge in [-0.3, -0.25) is 9.80 Å². The lowest BCUT2D eigenvalue weighted by Crippen LogP contribution is -2.48. The molecule has 29 heavy (non-hydrogen) atoms. The molecule has 156 valence electrons. The summed E-state index contributed by atoms with van der Waals surface area (Å²) in [5.41, 5.74) is 3.45. The van der Waals surface area contributed by atoms with Crippen LogP contribution in [0.15, 0.2) is 36.4 Å². The Balaban J connectivity index is 1.20. The summed E-state index contributed by atoms with van der Waals surface area (Å²) in [7, 11) is 0. The highest BCUT2D eigenvalue weighted by Gasteiger charge is 2.21. The number of hydrogen-bond donors (Lipinski definition) is 1. The van der Waals surface area contributed by atoms with Gasteiger partial charge in [0.25, 0.3) is 0 Å². The molecule has 1 atom stereocenters. The third kappa shape index (κ3) is 5.01. The number of aliphatic hydroxyl groups is 1. The minimum Gasteiger partial charge on any atom is -0.490 e. The number of β-amino-alcohol motifs (C(OH)–C–C–N with tert-alkyl or cyclic N) is 1. The summed E-state index contributed by atoms with van der Waals surface area (Å²) in [5.74, 6) is 2.56. The second-order valence-electron chi connectivity index (χ2n) is 7.95. The minimum absolute atomic E-state index is 0.312. The third-order valence-corrected chi connectivity index (χ3v) is 5.61. The van der Waals surface area contributed by atoms with E-state index in [-0.39, 0.29) is 0 Å². The molecule has 0 saturated carbocycles. The van der Waals surface area contributed by atoms with Crippen molar-refractivity contribution in [2.24, 2.45) is 0 Å². The highest BCUT2D eigenvalue weighted by Crippen LogP contribution is 2.32. The Labute approximate surface area is 172 Å². The Morgan fingerprint density at radius 1 is 0.966 bits per heavy atom. The first-order chi connectivity index (χ1) is 14.1. The first kappa shape index (κ1) is 20.0. The first-order valence-electron chi connectivity index (χ1n) is 10.3. The summed E-state index contributed by atoms with van der Waals surface area (Å²) in [6, 6.07) is 12.3. The molecule has 1 unspecified atom stereocenters. The highest BCUT2D eigenvalue weighted by molar-refractivity contribution is 5.44. The quantitative estimate of drug-likeness (QED) is 0.774. The van der Waals surface area contributed by atoms with E-state index in [1.165, 1.54) is 5.56 Å². The zero-order valence-electron chi connectivity index (χ0n) is 17.3. The van der Waals surface area contributed by atoms with Gasteiger partial charge in [-0.25, -0.2) is 0 Å². The van der Waals surface area contributed by atoms with Crippen molar-refractivity contribution in [3.8, 4) is 17.2 Å². The summed E-state index contributed by atoms with van der Waals surface area (Å²) >= 11 is 0. The normalized spacial score (nSPS) is 18.0. The van der Waals surface area contributed by atoms with Crippen molar-refractivity contribution < 1.29 is 19.3 Å². The smallest absolute Gasteiger partial charge is 0.231 e. The molecule has 0 bridgehead atoms. The summed E-state index contributed by atoms with van der Waals surface area (Å²) < 4.78 is 16.7. The third-order valence-electron chi connectivity index (χ3n) is 5.61. The molecule has 1 N–H and O–H groups in total. The number of hydrogen-bond acceptors (Lipinski definition) is 6. The van der Waals surface area contributed by atoms with Gasteiger partial charge in [0.15, 0.2) is 11.5 Å². The molecule has 0 amide bonds. The van der Waals surface area contributed by atoms with Crippen LogP contribution in [0.3, 0.4) is 0 Å². The maximum Gasteiger partial charge on any atom is 0.231 e. The molecule has 2 aromatic rings. The average molecular weight is 399 g/mol. The van der Waals surface area contributed by atoms with Crippen molar-refractivity contribution in [2.75, 3.05) is 46.1 Å². The van der Waals surface area contributed by atoms with Crippen LogP contribution in [0.1, 0.15) is 16.7 Å². The van der Waals surface area contributed by atoms with Crippen LogP contribution in [0, 0.1) is 13.8 Å². The second kappa shape index (κ2) is 9.03. The molecule has 0 aromatic heterocycles. The van der Waals surface area contributed by atoms with E-state index in [1.54, 1.807) is 0 Å². The minimum atomic E-state index is -0.491. The highest BCUT2D eigenvalue weighted by atomic mass is 16.7. The molecule has 6 nitrogen and oxygen atoms in total. The predicted molar refractivity (Wildman–Crippen MR) is 112 cm³/mol. The second-order valence-corrected chi connectivity index (χ2v) is 7.95. The van der Waals surface area contributed by atoms with Gasteiger partial charge in [-0.05, 0) is 42.7 Å². The Bertz CT molecular complexity index is 813. The topological polar surface area (TPSA) is 54.4 Å². The zero-order valence-corrected chi connectivity index (χ0v) is 17.3. The average Bonchev–Trinajstić information content (AvgIpc) is 3.17. The Morgan fingerprint density at radius 2 is 1.66 bits per heavy atom. The molecule has 0 spiro atoms. The fourth-order valence-electron chi connectivity index (χ4n) is 3.98. The van der Waals surface area contributed by atoms with E-state index < -0.39 is 6.10 Å². The van der Waals surface area contributed by atoms with Crippen molar-refractivity contribution in [1.29, 1.82) is 0 Å². The van der Waals surface area contributed by atoms with Crippen molar-refractivity contribution in [3.05, 3.63) is 53.1 Å². The SMILES string of the molecule is Cc1cccc(C)c1OCC(O)CN1CCN(Cc2ccc3c(c2)OCO3)CC1. The molecule has 0 aliphatic carbocycles. The molecule has 2 aliphatic heterocycles. The summed E-state index contributed by atoms with van der Waals surface area (Å²) in [4.78, 5) is 4.75. The fraction of sp³-hybridized carbons (Fsp3) is 0.478. The van der Waals surface area contributed by atoms with Crippen LogP contribution < -0.4 is 14.2 Å². The summed E-state index contributed by atoms with van der Waals surface area (Å²) in [6.45, 7) is 10.1. The Morgan fingerprint density at radius 3 is 2.41 bits per heavy atom. The van der Waals surface area contributed by atoms with E-state index in [9.17, 15) is 5.11 Å². The van der Waals surface area contributed by atoms with E-state index in [0.29, 0.717) is 19.9 Å². The lowest BCUT2D eigenvalue weighted by atomic mass is 10.1. The Hall–Kier alpha value is -2.28. The van der Waals surface area contributed by atoms with Crippen molar-refractivity contribution in [3.63, 3.8) is 0 Å². The van der Waals surface area contributed by atoms with Gasteiger partial charge < -0.3 is 19.3 Å². The predicted octanol–water partition coefficient (Wildman–Crippen LogP) is 2.59. The number of benzene rings is 2. The number of rotatable bonds is 7. The number of piperazine rings is 1. The molecule has 2 aliphatic rings. The largest absolute Gasteiger partial charge is 0.490 e. The van der Waals surface area contributed by atoms with Gasteiger partial charge in [0.2, 0.25) is 6.79 Å². The molecule has 6 heteroatoms. The van der Waals surface area contributed by atoms with E-state index in [2.05, 4.69) is 21.9 Å². The van der Waals surface area contributed by atoms with Crippen molar-refractivity contribution in [1.82, 2.24) is 9.80 Å². The number of ether oxygens (including phenoxy) is 3. The molecular weight excluding hydrogens is 368 g/mol. The van der Waals surface area contributed by atoms with Crippen molar-refractivity contribution in [2.45, 2.75) is 26.5 Å². The lowest BCUT2D eigenvalue weighted by Gasteiger charge is -2.35. The van der Waals surface area contributed by atoms with Crippen LogP contribution in [0.5, 0.6) is 17.2 Å². The molecule has 1 fully saturated rings. The molecule has 0 radical (unpaired) electrons. The number of nitrogens with zero attached hydrogens (tertiary/aromatic N) is 2. The van der Waals surface area contributed by atoms with Gasteiger partial charge in [0.1, 0.15) is 18.5 Å². The molecule has 4 rings (SSSR count). The monoisotopic (exact) mass is 398 g/mol. The molecular formula is C23H30N2O4. The maximum atomic E-state index is 10.4. The van der Waals surface area contributed by atoms with Gasteiger partial charge in [-0.2, -0.15) is 0 Å². The van der Waals surface area contributed by atoms with E-state index in [1.807, 2.05) is 38.1 Å². The van der Waals surface area contributed by atoms with Crippen LogP contribution in [0.2, 0.25) is 0 Å². The number of aliphatic hydroxyl groups excluding tert-OH is 1. The van der Waals surface area contributed by atoms with E-state index >= 15 is 0 Å². The van der Waals surface area contributed by atoms with Gasteiger partial charge in [-0.1, -0.05) is 24.3 Å². The van der Waals surface area contributed by atoms with Crippen LogP contribution in [0.4, 0.5) is 0 Å². The lowest BCUT2D eigenvalue weighted by molar-refractivity contribution is 0.0443. The first-order valence-corrected chi connectivity index (χ1v) is 10.3. The Kier molecular flexibility index (Phi) is 6.23. The van der Waals surface area contributed by atoms with Gasteiger partial charge >= 0.3 is 0 Å². The number of aryl methyl sites for hydroxylation is 2. The standard InChI is InChI=1S/C23H30N2O4/c1-17-4-3-5-18(2)23(17)27-15-20(26)14-25-10-8-24(9-11-25)13-19-6-7-21-22(12-19)29-16-28-21/h3-7,12,20,26H,8-11,13-16H2,1-2H3. The van der Waals surface area contributed by atoms with Crippen LogP contribution in [0.25, 0.3) is 0 Å². The van der Waals surface area contributed by atoms with E-state index in [0.717, 1.165) is 61.1 Å². The van der Waals surface area contributed by atoms with E-state index in [4.69, 9.17) is 14.2 Å². The molecule has 2 aromatic carbocycles.